The van der Waals surface area contributed by atoms with Gasteiger partial charge in [0.15, 0.2) is 0 Å². The van der Waals surface area contributed by atoms with Crippen molar-refractivity contribution in [1.29, 1.82) is 0 Å². The molecule has 1 unspecified atom stereocenters. The molecule has 0 aliphatic rings. The number of hydrogen-bond donors (Lipinski definition) is 1. The first-order valence-corrected chi connectivity index (χ1v) is 5.21. The van der Waals surface area contributed by atoms with Gasteiger partial charge in [0.2, 0.25) is 5.83 Å². The van der Waals surface area contributed by atoms with Crippen LogP contribution in [0.2, 0.25) is 0 Å². The number of benzene rings is 1. The van der Waals surface area contributed by atoms with Crippen LogP contribution in [0.5, 0.6) is 0 Å². The molecule has 16 heavy (non-hydrogen) atoms. The lowest BCUT2D eigenvalue weighted by Crippen LogP contribution is -2.00. The fourth-order valence-corrected chi connectivity index (χ4v) is 1.60. The van der Waals surface area contributed by atoms with E-state index in [1.807, 2.05) is 38.1 Å². The molecule has 0 saturated carbocycles. The van der Waals surface area contributed by atoms with Crippen LogP contribution < -0.4 is 0 Å². The Morgan fingerprint density at radius 2 is 2.25 bits per heavy atom. The van der Waals surface area contributed by atoms with Crippen LogP contribution in [-0.4, -0.2) is 11.1 Å². The molecule has 0 aliphatic heterocycles. The summed E-state index contributed by atoms with van der Waals surface area (Å²) in [6.07, 6.45) is 1.83. The first-order chi connectivity index (χ1) is 7.54. The predicted octanol–water partition coefficient (Wildman–Crippen LogP) is 3.43. The Hall–Kier alpha value is -1.64. The molecule has 2 nitrogen and oxygen atoms in total. The van der Waals surface area contributed by atoms with Gasteiger partial charge in [0.1, 0.15) is 0 Å². The largest absolute Gasteiger partial charge is 0.476 e. The minimum absolute atomic E-state index is 0.184. The van der Waals surface area contributed by atoms with E-state index in [9.17, 15) is 9.18 Å². The van der Waals surface area contributed by atoms with Crippen molar-refractivity contribution in [2.75, 3.05) is 0 Å². The highest BCUT2D eigenvalue weighted by atomic mass is 19.1. The monoisotopic (exact) mass is 222 g/mol. The maximum atomic E-state index is 13.0. The summed E-state index contributed by atoms with van der Waals surface area (Å²) in [5.74, 6) is -2.78. The van der Waals surface area contributed by atoms with Crippen LogP contribution in [0.25, 0.3) is 0 Å². The number of carbonyl (C=O) groups is 1. The highest BCUT2D eigenvalue weighted by Crippen LogP contribution is 2.23. The lowest BCUT2D eigenvalue weighted by molar-refractivity contribution is -0.134. The third kappa shape index (κ3) is 3.19. The summed E-state index contributed by atoms with van der Waals surface area (Å²) in [5.41, 5.74) is 2.03. The van der Waals surface area contributed by atoms with Crippen molar-refractivity contribution < 1.29 is 14.3 Å². The van der Waals surface area contributed by atoms with Crippen LogP contribution >= 0.6 is 0 Å². The smallest absolute Gasteiger partial charge is 0.364 e. The molecule has 0 aliphatic carbocycles. The Bertz CT molecular complexity index is 410. The van der Waals surface area contributed by atoms with E-state index in [1.54, 1.807) is 0 Å². The van der Waals surface area contributed by atoms with E-state index in [2.05, 4.69) is 0 Å². The normalized spacial score (nSPS) is 13.6. The van der Waals surface area contributed by atoms with Gasteiger partial charge in [-0.15, -0.1) is 0 Å². The number of halogens is 1. The number of allylic oxidation sites excluding steroid dienone is 1. The van der Waals surface area contributed by atoms with Gasteiger partial charge in [0.25, 0.3) is 0 Å². The van der Waals surface area contributed by atoms with Crippen molar-refractivity contribution >= 4 is 5.97 Å². The van der Waals surface area contributed by atoms with Crippen molar-refractivity contribution in [3.8, 4) is 0 Å². The zero-order chi connectivity index (χ0) is 12.1. The fourth-order valence-electron chi connectivity index (χ4n) is 1.60. The molecule has 0 radical (unpaired) electrons. The molecule has 0 bridgehead atoms. The Balaban J connectivity index is 2.99. The molecule has 0 amide bonds. The third-order valence-electron chi connectivity index (χ3n) is 2.46. The molecule has 1 rings (SSSR count). The van der Waals surface area contributed by atoms with Gasteiger partial charge in [-0.25, -0.2) is 4.79 Å². The van der Waals surface area contributed by atoms with E-state index in [-0.39, 0.29) is 5.92 Å². The first-order valence-electron chi connectivity index (χ1n) is 5.21. The SMILES string of the molecule is CCC(C=C(F)C(=O)O)c1cccc(C)c1. The standard InChI is InChI=1S/C13H15FO2/c1-3-10(8-12(14)13(15)16)11-6-4-5-9(2)7-11/h4-8,10H,3H2,1-2H3,(H,15,16). The summed E-state index contributed by atoms with van der Waals surface area (Å²) in [4.78, 5) is 10.4. The van der Waals surface area contributed by atoms with Gasteiger partial charge in [-0.05, 0) is 25.0 Å². The highest BCUT2D eigenvalue weighted by molar-refractivity contribution is 5.84. The molecule has 0 saturated heterocycles. The van der Waals surface area contributed by atoms with E-state index in [0.717, 1.165) is 17.2 Å². The zero-order valence-corrected chi connectivity index (χ0v) is 9.40. The first kappa shape index (κ1) is 12.4. The average Bonchev–Trinajstić information content (AvgIpc) is 2.25. The Morgan fingerprint density at radius 1 is 1.56 bits per heavy atom. The molecular formula is C13H15FO2. The molecule has 0 heterocycles. The third-order valence-corrected chi connectivity index (χ3v) is 2.46. The maximum absolute atomic E-state index is 13.0. The zero-order valence-electron chi connectivity index (χ0n) is 9.40. The van der Waals surface area contributed by atoms with Crippen molar-refractivity contribution in [3.63, 3.8) is 0 Å². The van der Waals surface area contributed by atoms with E-state index >= 15 is 0 Å². The van der Waals surface area contributed by atoms with Crippen LogP contribution in [0.15, 0.2) is 36.2 Å². The molecule has 1 atom stereocenters. The molecule has 0 spiro atoms. The van der Waals surface area contributed by atoms with E-state index < -0.39 is 11.8 Å². The summed E-state index contributed by atoms with van der Waals surface area (Å²) >= 11 is 0. The average molecular weight is 222 g/mol. The molecular weight excluding hydrogens is 207 g/mol. The summed E-state index contributed by atoms with van der Waals surface area (Å²) in [7, 11) is 0. The lowest BCUT2D eigenvalue weighted by atomic mass is 9.94. The molecule has 3 heteroatoms. The van der Waals surface area contributed by atoms with Gasteiger partial charge < -0.3 is 5.11 Å². The minimum atomic E-state index is -1.51. The molecule has 1 aromatic carbocycles. The number of carboxylic acids is 1. The molecule has 0 aromatic heterocycles. The van der Waals surface area contributed by atoms with E-state index in [1.165, 1.54) is 0 Å². The van der Waals surface area contributed by atoms with Crippen LogP contribution in [0.1, 0.15) is 30.4 Å². The molecule has 0 fully saturated rings. The Labute approximate surface area is 94.4 Å². The van der Waals surface area contributed by atoms with Gasteiger partial charge in [0, 0.05) is 5.92 Å². The second-order valence-electron chi connectivity index (χ2n) is 3.75. The topological polar surface area (TPSA) is 37.3 Å². The fraction of sp³-hybridized carbons (Fsp3) is 0.308. The lowest BCUT2D eigenvalue weighted by Gasteiger charge is -2.11. The number of rotatable bonds is 4. The van der Waals surface area contributed by atoms with Crippen molar-refractivity contribution in [2.45, 2.75) is 26.2 Å². The van der Waals surface area contributed by atoms with Gasteiger partial charge >= 0.3 is 5.97 Å². The second kappa shape index (κ2) is 5.45. The van der Waals surface area contributed by atoms with Crippen LogP contribution in [0.3, 0.4) is 0 Å². The van der Waals surface area contributed by atoms with Gasteiger partial charge in [-0.3, -0.25) is 0 Å². The minimum Gasteiger partial charge on any atom is -0.476 e. The highest BCUT2D eigenvalue weighted by Gasteiger charge is 2.12. The van der Waals surface area contributed by atoms with Crippen molar-refractivity contribution in [3.05, 3.63) is 47.3 Å². The van der Waals surface area contributed by atoms with Crippen molar-refractivity contribution in [1.82, 2.24) is 0 Å². The number of aliphatic carboxylic acids is 1. The summed E-state index contributed by atoms with van der Waals surface area (Å²) in [6, 6.07) is 7.67. The Kier molecular flexibility index (Phi) is 4.23. The molecule has 1 N–H and O–H groups in total. The Morgan fingerprint density at radius 3 is 2.75 bits per heavy atom. The second-order valence-corrected chi connectivity index (χ2v) is 3.75. The van der Waals surface area contributed by atoms with E-state index in [0.29, 0.717) is 6.42 Å². The van der Waals surface area contributed by atoms with Gasteiger partial charge in [-0.1, -0.05) is 36.8 Å². The quantitative estimate of drug-likeness (QED) is 0.792. The summed E-state index contributed by atoms with van der Waals surface area (Å²) in [5, 5.41) is 8.48. The van der Waals surface area contributed by atoms with Crippen molar-refractivity contribution in [2.24, 2.45) is 0 Å². The van der Waals surface area contributed by atoms with Crippen LogP contribution in [0, 0.1) is 6.92 Å². The van der Waals surface area contributed by atoms with Crippen LogP contribution in [-0.2, 0) is 4.79 Å². The predicted molar refractivity (Wildman–Crippen MR) is 61.0 cm³/mol. The van der Waals surface area contributed by atoms with Crippen LogP contribution in [0.4, 0.5) is 4.39 Å². The summed E-state index contributed by atoms with van der Waals surface area (Å²) < 4.78 is 13.0. The number of carboxylic acid groups (broad SMARTS) is 1. The number of hydrogen-bond acceptors (Lipinski definition) is 1. The number of aryl methyl sites for hydroxylation is 1. The molecule has 1 aromatic rings. The van der Waals surface area contributed by atoms with Gasteiger partial charge in [0.05, 0.1) is 0 Å². The summed E-state index contributed by atoms with van der Waals surface area (Å²) in [6.45, 7) is 3.85. The molecule has 86 valence electrons. The maximum Gasteiger partial charge on any atom is 0.364 e. The van der Waals surface area contributed by atoms with E-state index in [4.69, 9.17) is 5.11 Å². The van der Waals surface area contributed by atoms with Gasteiger partial charge in [-0.2, -0.15) is 4.39 Å².